The predicted octanol–water partition coefficient (Wildman–Crippen LogP) is 3.12. The van der Waals surface area contributed by atoms with Gasteiger partial charge in [-0.05, 0) is 38.4 Å². The summed E-state index contributed by atoms with van der Waals surface area (Å²) in [5.41, 5.74) is 2.25. The average molecular weight is 398 g/mol. The number of amides is 1. The number of rotatable bonds is 5. The van der Waals surface area contributed by atoms with Crippen molar-refractivity contribution < 1.29 is 13.9 Å². The molecule has 4 rings (SSSR count). The third kappa shape index (κ3) is 4.10. The van der Waals surface area contributed by atoms with Crippen molar-refractivity contribution >= 4 is 5.91 Å². The topological polar surface area (TPSA) is 58.6 Å². The van der Waals surface area contributed by atoms with Crippen LogP contribution in [-0.2, 0) is 17.8 Å². The van der Waals surface area contributed by atoms with Crippen molar-refractivity contribution in [1.29, 1.82) is 0 Å². The van der Waals surface area contributed by atoms with Crippen molar-refractivity contribution in [2.24, 2.45) is 0 Å². The summed E-state index contributed by atoms with van der Waals surface area (Å²) in [5.74, 6) is 0.233. The first kappa shape index (κ1) is 19.8. The van der Waals surface area contributed by atoms with E-state index in [-0.39, 0.29) is 17.7 Å². The van der Waals surface area contributed by atoms with Crippen LogP contribution < -0.4 is 4.74 Å². The summed E-state index contributed by atoms with van der Waals surface area (Å²) < 4.78 is 19.7. The van der Waals surface area contributed by atoms with Gasteiger partial charge in [0.15, 0.2) is 23.5 Å². The molecule has 7 heteroatoms. The summed E-state index contributed by atoms with van der Waals surface area (Å²) in [5, 5.41) is 0. The highest BCUT2D eigenvalue weighted by molar-refractivity contribution is 5.82. The van der Waals surface area contributed by atoms with Crippen LogP contribution in [0.2, 0.25) is 0 Å². The lowest BCUT2D eigenvalue weighted by Crippen LogP contribution is -2.42. The first-order chi connectivity index (χ1) is 14.1. The van der Waals surface area contributed by atoms with E-state index in [1.165, 1.54) is 6.07 Å². The van der Waals surface area contributed by atoms with Crippen LogP contribution in [0.4, 0.5) is 4.39 Å². The maximum atomic E-state index is 14.0. The molecular formula is C22H27FN4O2. The molecule has 1 fully saturated rings. The number of likely N-dealkylation sites (N-methyl/N-ethyl adjacent to an activating group) is 1. The first-order valence-corrected chi connectivity index (χ1v) is 10.3. The number of halogens is 1. The van der Waals surface area contributed by atoms with Crippen molar-refractivity contribution in [2.75, 3.05) is 20.1 Å². The number of aromatic nitrogens is 2. The highest BCUT2D eigenvalue weighted by Gasteiger charge is 2.36. The van der Waals surface area contributed by atoms with Gasteiger partial charge >= 0.3 is 0 Å². The quantitative estimate of drug-likeness (QED) is 0.775. The molecule has 29 heavy (non-hydrogen) atoms. The van der Waals surface area contributed by atoms with E-state index in [9.17, 15) is 9.18 Å². The number of carbonyl (C=O) groups is 1. The molecule has 1 saturated heterocycles. The van der Waals surface area contributed by atoms with Gasteiger partial charge in [0, 0.05) is 43.5 Å². The average Bonchev–Trinajstić information content (AvgIpc) is 3.22. The smallest absolute Gasteiger partial charge is 0.264 e. The fourth-order valence-corrected chi connectivity index (χ4v) is 4.12. The lowest BCUT2D eigenvalue weighted by Gasteiger charge is -2.29. The SMILES string of the molecule is CCC(Oc1ccccc1F)C(=O)N1CCCC1c1ncc2c(n1)CCN(C)C2. The highest BCUT2D eigenvalue weighted by Crippen LogP contribution is 2.32. The molecule has 0 bridgehead atoms. The monoisotopic (exact) mass is 398 g/mol. The number of carbonyl (C=O) groups excluding carboxylic acids is 1. The Balaban J connectivity index is 1.53. The molecule has 6 nitrogen and oxygen atoms in total. The molecule has 2 aromatic rings. The Hall–Kier alpha value is -2.54. The number of para-hydroxylation sites is 1. The summed E-state index contributed by atoms with van der Waals surface area (Å²) >= 11 is 0. The minimum Gasteiger partial charge on any atom is -0.478 e. The second kappa shape index (κ2) is 8.45. The van der Waals surface area contributed by atoms with Gasteiger partial charge in [-0.1, -0.05) is 19.1 Å². The van der Waals surface area contributed by atoms with E-state index in [1.54, 1.807) is 18.2 Å². The molecule has 2 unspecified atom stereocenters. The molecule has 1 aromatic heterocycles. The predicted molar refractivity (Wildman–Crippen MR) is 107 cm³/mol. The highest BCUT2D eigenvalue weighted by atomic mass is 19.1. The molecule has 0 radical (unpaired) electrons. The van der Waals surface area contributed by atoms with E-state index >= 15 is 0 Å². The summed E-state index contributed by atoms with van der Waals surface area (Å²) in [7, 11) is 2.09. The fraction of sp³-hybridized carbons (Fsp3) is 0.500. The zero-order valence-electron chi connectivity index (χ0n) is 17.0. The Morgan fingerprint density at radius 2 is 2.17 bits per heavy atom. The fourth-order valence-electron chi connectivity index (χ4n) is 4.12. The maximum absolute atomic E-state index is 14.0. The molecule has 0 spiro atoms. The summed E-state index contributed by atoms with van der Waals surface area (Å²) in [4.78, 5) is 26.7. The molecule has 0 aliphatic carbocycles. The van der Waals surface area contributed by atoms with E-state index in [0.29, 0.717) is 18.8 Å². The van der Waals surface area contributed by atoms with Crippen molar-refractivity contribution in [1.82, 2.24) is 19.8 Å². The van der Waals surface area contributed by atoms with E-state index in [4.69, 9.17) is 9.72 Å². The lowest BCUT2D eigenvalue weighted by atomic mass is 10.1. The van der Waals surface area contributed by atoms with Gasteiger partial charge in [0.25, 0.3) is 5.91 Å². The molecule has 2 atom stereocenters. The zero-order chi connectivity index (χ0) is 20.4. The largest absolute Gasteiger partial charge is 0.478 e. The summed E-state index contributed by atoms with van der Waals surface area (Å²) in [6.07, 6.45) is 4.28. The van der Waals surface area contributed by atoms with E-state index in [1.807, 2.05) is 18.0 Å². The number of nitrogens with zero attached hydrogens (tertiary/aromatic N) is 4. The minimum atomic E-state index is -0.723. The van der Waals surface area contributed by atoms with Crippen molar-refractivity contribution in [2.45, 2.75) is 51.3 Å². The first-order valence-electron chi connectivity index (χ1n) is 10.3. The Bertz CT molecular complexity index is 891. The summed E-state index contributed by atoms with van der Waals surface area (Å²) in [6.45, 7) is 4.35. The molecular weight excluding hydrogens is 371 g/mol. The normalized spacial score (nSPS) is 20.4. The van der Waals surface area contributed by atoms with E-state index in [0.717, 1.165) is 43.6 Å². The third-order valence-corrected chi connectivity index (χ3v) is 5.73. The van der Waals surface area contributed by atoms with Gasteiger partial charge in [0.1, 0.15) is 0 Å². The van der Waals surface area contributed by atoms with Crippen LogP contribution in [0, 0.1) is 5.82 Å². The van der Waals surface area contributed by atoms with Crippen LogP contribution in [0.5, 0.6) is 5.75 Å². The van der Waals surface area contributed by atoms with Crippen molar-refractivity contribution in [3.8, 4) is 5.75 Å². The Morgan fingerprint density at radius 3 is 2.97 bits per heavy atom. The molecule has 2 aliphatic heterocycles. The number of benzene rings is 1. The van der Waals surface area contributed by atoms with E-state index < -0.39 is 11.9 Å². The number of hydrogen-bond acceptors (Lipinski definition) is 5. The molecule has 154 valence electrons. The Kier molecular flexibility index (Phi) is 5.76. The molecule has 2 aliphatic rings. The van der Waals surface area contributed by atoms with Gasteiger partial charge in [0.05, 0.1) is 6.04 Å². The van der Waals surface area contributed by atoms with Crippen molar-refractivity contribution in [3.63, 3.8) is 0 Å². The lowest BCUT2D eigenvalue weighted by molar-refractivity contribution is -0.140. The molecule has 1 aromatic carbocycles. The number of likely N-dealkylation sites (tertiary alicyclic amines) is 1. The van der Waals surface area contributed by atoms with Gasteiger partial charge in [0.2, 0.25) is 0 Å². The molecule has 0 N–H and O–H groups in total. The minimum absolute atomic E-state index is 0.109. The van der Waals surface area contributed by atoms with Gasteiger partial charge in [-0.15, -0.1) is 0 Å². The van der Waals surface area contributed by atoms with Crippen LogP contribution in [-0.4, -0.2) is 51.9 Å². The van der Waals surface area contributed by atoms with Gasteiger partial charge in [-0.2, -0.15) is 0 Å². The van der Waals surface area contributed by atoms with Gasteiger partial charge < -0.3 is 14.5 Å². The number of ether oxygens (including phenoxy) is 1. The molecule has 1 amide bonds. The van der Waals surface area contributed by atoms with E-state index in [2.05, 4.69) is 16.9 Å². The number of fused-ring (bicyclic) bond motifs is 1. The third-order valence-electron chi connectivity index (χ3n) is 5.73. The maximum Gasteiger partial charge on any atom is 0.264 e. The Labute approximate surface area is 170 Å². The van der Waals surface area contributed by atoms with Crippen LogP contribution in [0.3, 0.4) is 0 Å². The summed E-state index contributed by atoms with van der Waals surface area (Å²) in [6, 6.07) is 6.05. The second-order valence-corrected chi connectivity index (χ2v) is 7.82. The van der Waals surface area contributed by atoms with Crippen LogP contribution in [0.25, 0.3) is 0 Å². The molecule has 3 heterocycles. The van der Waals surface area contributed by atoms with Crippen LogP contribution in [0.15, 0.2) is 30.5 Å². The van der Waals surface area contributed by atoms with Gasteiger partial charge in [-0.25, -0.2) is 14.4 Å². The molecule has 0 saturated carbocycles. The van der Waals surface area contributed by atoms with Crippen LogP contribution in [0.1, 0.15) is 49.3 Å². The van der Waals surface area contributed by atoms with Gasteiger partial charge in [-0.3, -0.25) is 4.79 Å². The number of hydrogen-bond donors (Lipinski definition) is 0. The standard InChI is InChI=1S/C22H27FN4O2/c1-3-19(29-20-9-5-4-7-16(20)23)22(28)27-11-6-8-18(27)21-24-13-15-14-26(2)12-10-17(15)25-21/h4-5,7,9,13,18-19H,3,6,8,10-12,14H2,1-2H3. The zero-order valence-corrected chi connectivity index (χ0v) is 17.0. The van der Waals surface area contributed by atoms with Crippen molar-refractivity contribution in [3.05, 3.63) is 53.4 Å². The van der Waals surface area contributed by atoms with Crippen LogP contribution >= 0.6 is 0 Å². The Morgan fingerprint density at radius 1 is 1.34 bits per heavy atom. The second-order valence-electron chi connectivity index (χ2n) is 7.82.